The van der Waals surface area contributed by atoms with Crippen molar-refractivity contribution in [3.05, 3.63) is 23.8 Å². The Morgan fingerprint density at radius 3 is 2.94 bits per heavy atom. The monoisotopic (exact) mass is 238 g/mol. The van der Waals surface area contributed by atoms with Crippen LogP contribution in [0.5, 0.6) is 11.5 Å². The lowest BCUT2D eigenvalue weighted by Crippen LogP contribution is -2.28. The fraction of sp³-hybridized carbons (Fsp3) is 0.538. The summed E-state index contributed by atoms with van der Waals surface area (Å²) in [5, 5.41) is 9.05. The van der Waals surface area contributed by atoms with Gasteiger partial charge in [-0.05, 0) is 30.5 Å². The first-order chi connectivity index (χ1) is 8.33. The lowest BCUT2D eigenvalue weighted by Gasteiger charge is -2.24. The minimum Gasteiger partial charge on any atom is -0.493 e. The smallest absolute Gasteiger partial charge is 0.161 e. The molecule has 1 aliphatic rings. The Kier molecular flexibility index (Phi) is 4.23. The molecule has 1 aromatic carbocycles. The summed E-state index contributed by atoms with van der Waals surface area (Å²) in [6.07, 6.45) is 2.13. The van der Waals surface area contributed by atoms with Crippen LogP contribution < -0.4 is 9.47 Å². The molecule has 0 radical (unpaired) electrons. The van der Waals surface area contributed by atoms with Gasteiger partial charge in [0.15, 0.2) is 11.5 Å². The van der Waals surface area contributed by atoms with Gasteiger partial charge in [-0.2, -0.15) is 0 Å². The molecule has 4 heteroatoms. The number of methoxy groups -OCH3 is 1. The summed E-state index contributed by atoms with van der Waals surface area (Å²) in [7, 11) is 1.60. The Morgan fingerprint density at radius 2 is 2.29 bits per heavy atom. The molecule has 4 nitrogen and oxygen atoms in total. The Balaban J connectivity index is 2.08. The van der Waals surface area contributed by atoms with Gasteiger partial charge in [-0.15, -0.1) is 0 Å². The summed E-state index contributed by atoms with van der Waals surface area (Å²) in [5.41, 5.74) is 0.814. The fourth-order valence-electron chi connectivity index (χ4n) is 1.89. The van der Waals surface area contributed by atoms with Gasteiger partial charge in [0, 0.05) is 6.61 Å². The molecule has 0 saturated carbocycles. The van der Waals surface area contributed by atoms with E-state index in [0.717, 1.165) is 25.0 Å². The van der Waals surface area contributed by atoms with Gasteiger partial charge in [0.05, 0.1) is 20.3 Å². The third kappa shape index (κ3) is 3.11. The van der Waals surface area contributed by atoms with Crippen molar-refractivity contribution in [1.29, 1.82) is 0 Å². The molecule has 0 spiro atoms. The molecule has 0 aromatic heterocycles. The first-order valence-corrected chi connectivity index (χ1v) is 5.85. The van der Waals surface area contributed by atoms with Gasteiger partial charge < -0.3 is 19.3 Å². The van der Waals surface area contributed by atoms with Crippen molar-refractivity contribution < 1.29 is 19.3 Å². The molecule has 2 rings (SSSR count). The number of rotatable bonds is 4. The highest BCUT2D eigenvalue weighted by Gasteiger charge is 2.17. The van der Waals surface area contributed by atoms with E-state index in [1.165, 1.54) is 0 Å². The second-order valence-corrected chi connectivity index (χ2v) is 4.10. The predicted molar refractivity (Wildman–Crippen MR) is 63.4 cm³/mol. The summed E-state index contributed by atoms with van der Waals surface area (Å²) >= 11 is 0. The summed E-state index contributed by atoms with van der Waals surface area (Å²) in [5.74, 6) is 1.36. The quantitative estimate of drug-likeness (QED) is 0.868. The highest BCUT2D eigenvalue weighted by molar-refractivity contribution is 5.42. The number of hydrogen-bond acceptors (Lipinski definition) is 4. The molecule has 17 heavy (non-hydrogen) atoms. The van der Waals surface area contributed by atoms with E-state index in [9.17, 15) is 0 Å². The van der Waals surface area contributed by atoms with E-state index in [4.69, 9.17) is 19.3 Å². The molecular weight excluding hydrogens is 220 g/mol. The molecule has 0 amide bonds. The molecule has 0 aliphatic carbocycles. The van der Waals surface area contributed by atoms with Gasteiger partial charge in [0.25, 0.3) is 0 Å². The zero-order chi connectivity index (χ0) is 12.1. The number of benzene rings is 1. The Hall–Kier alpha value is -1.26. The largest absolute Gasteiger partial charge is 0.493 e. The Morgan fingerprint density at radius 1 is 1.41 bits per heavy atom. The molecule has 1 atom stereocenters. The molecule has 0 bridgehead atoms. The first-order valence-electron chi connectivity index (χ1n) is 5.85. The number of ether oxygens (including phenoxy) is 3. The van der Waals surface area contributed by atoms with Crippen LogP contribution in [0.1, 0.15) is 18.4 Å². The number of hydrogen-bond donors (Lipinski definition) is 1. The molecule has 1 saturated heterocycles. The third-order valence-electron chi connectivity index (χ3n) is 2.82. The van der Waals surface area contributed by atoms with Crippen LogP contribution in [0.3, 0.4) is 0 Å². The lowest BCUT2D eigenvalue weighted by molar-refractivity contribution is 0.00642. The topological polar surface area (TPSA) is 47.9 Å². The average molecular weight is 238 g/mol. The van der Waals surface area contributed by atoms with Gasteiger partial charge in [-0.3, -0.25) is 0 Å². The van der Waals surface area contributed by atoms with Crippen molar-refractivity contribution in [2.24, 2.45) is 0 Å². The third-order valence-corrected chi connectivity index (χ3v) is 2.82. The van der Waals surface area contributed by atoms with Crippen LogP contribution in [0.2, 0.25) is 0 Å². The summed E-state index contributed by atoms with van der Waals surface area (Å²) in [4.78, 5) is 0. The molecule has 1 aliphatic heterocycles. The van der Waals surface area contributed by atoms with E-state index in [1.807, 2.05) is 12.1 Å². The van der Waals surface area contributed by atoms with Gasteiger partial charge >= 0.3 is 0 Å². The minimum atomic E-state index is 0.00315. The van der Waals surface area contributed by atoms with Crippen LogP contribution >= 0.6 is 0 Å². The number of aliphatic hydroxyl groups excluding tert-OH is 1. The second kappa shape index (κ2) is 5.89. The van der Waals surface area contributed by atoms with E-state index >= 15 is 0 Å². The predicted octanol–water partition coefficient (Wildman–Crippen LogP) is 1.75. The van der Waals surface area contributed by atoms with Crippen LogP contribution in [0, 0.1) is 0 Å². The van der Waals surface area contributed by atoms with Gasteiger partial charge in [0.1, 0.15) is 6.10 Å². The fourth-order valence-corrected chi connectivity index (χ4v) is 1.89. The van der Waals surface area contributed by atoms with Gasteiger partial charge in [0.2, 0.25) is 0 Å². The van der Waals surface area contributed by atoms with Gasteiger partial charge in [-0.1, -0.05) is 6.07 Å². The lowest BCUT2D eigenvalue weighted by atomic mass is 10.1. The summed E-state index contributed by atoms with van der Waals surface area (Å²) in [6, 6.07) is 5.46. The van der Waals surface area contributed by atoms with Crippen LogP contribution in [0.4, 0.5) is 0 Å². The van der Waals surface area contributed by atoms with E-state index in [0.29, 0.717) is 18.1 Å². The zero-order valence-electron chi connectivity index (χ0n) is 10.0. The molecule has 1 fully saturated rings. The molecule has 1 heterocycles. The van der Waals surface area contributed by atoms with E-state index in [-0.39, 0.29) is 12.7 Å². The summed E-state index contributed by atoms with van der Waals surface area (Å²) in [6.45, 7) is 1.45. The van der Waals surface area contributed by atoms with E-state index < -0.39 is 0 Å². The van der Waals surface area contributed by atoms with Crippen LogP contribution in [-0.4, -0.2) is 31.5 Å². The highest BCUT2D eigenvalue weighted by atomic mass is 16.5. The van der Waals surface area contributed by atoms with Crippen molar-refractivity contribution in [3.63, 3.8) is 0 Å². The maximum Gasteiger partial charge on any atom is 0.161 e. The molecule has 1 N–H and O–H groups in total. The minimum absolute atomic E-state index is 0.00315. The molecule has 1 aromatic rings. The Labute approximate surface area is 101 Å². The normalized spacial score (nSPS) is 20.0. The van der Waals surface area contributed by atoms with Crippen LogP contribution in [0.25, 0.3) is 0 Å². The SMILES string of the molecule is COc1cc(CO)ccc1OC1CCCOC1. The number of aliphatic hydroxyl groups is 1. The highest BCUT2D eigenvalue weighted by Crippen LogP contribution is 2.30. The van der Waals surface area contributed by atoms with Gasteiger partial charge in [-0.25, -0.2) is 0 Å². The molecule has 1 unspecified atom stereocenters. The second-order valence-electron chi connectivity index (χ2n) is 4.10. The maximum absolute atomic E-state index is 9.05. The van der Waals surface area contributed by atoms with E-state index in [2.05, 4.69) is 0 Å². The molecule has 94 valence electrons. The standard InChI is InChI=1S/C13H18O4/c1-15-13-7-10(8-14)4-5-12(13)17-11-3-2-6-16-9-11/h4-5,7,11,14H,2-3,6,8-9H2,1H3. The summed E-state index contributed by atoms with van der Waals surface area (Å²) < 4.78 is 16.5. The van der Waals surface area contributed by atoms with Crippen molar-refractivity contribution >= 4 is 0 Å². The molecular formula is C13H18O4. The average Bonchev–Trinajstić information content (AvgIpc) is 2.40. The van der Waals surface area contributed by atoms with Crippen LogP contribution in [-0.2, 0) is 11.3 Å². The van der Waals surface area contributed by atoms with E-state index in [1.54, 1.807) is 13.2 Å². The Bertz CT molecular complexity index is 358. The first kappa shape index (κ1) is 12.2. The van der Waals surface area contributed by atoms with Crippen molar-refractivity contribution in [2.45, 2.75) is 25.6 Å². The van der Waals surface area contributed by atoms with Crippen molar-refractivity contribution in [3.8, 4) is 11.5 Å². The van der Waals surface area contributed by atoms with Crippen molar-refractivity contribution in [1.82, 2.24) is 0 Å². The zero-order valence-corrected chi connectivity index (χ0v) is 10.0. The van der Waals surface area contributed by atoms with Crippen molar-refractivity contribution in [2.75, 3.05) is 20.3 Å². The maximum atomic E-state index is 9.05. The van der Waals surface area contributed by atoms with Crippen LogP contribution in [0.15, 0.2) is 18.2 Å².